The molecular weight excluding hydrogens is 1280 g/mol. The van der Waals surface area contributed by atoms with Crippen molar-refractivity contribution in [3.63, 3.8) is 0 Å². The van der Waals surface area contributed by atoms with Crippen LogP contribution < -0.4 is 52.1 Å². The van der Waals surface area contributed by atoms with E-state index < -0.39 is 10.8 Å². The van der Waals surface area contributed by atoms with Crippen LogP contribution in [0.25, 0.3) is 55.6 Å². The Labute approximate surface area is 621 Å². The van der Waals surface area contributed by atoms with Gasteiger partial charge in [0, 0.05) is 50.7 Å². The highest BCUT2D eigenvalue weighted by molar-refractivity contribution is 7.02. The average Bonchev–Trinajstić information content (AvgIpc) is 1.40. The zero-order valence-electron chi connectivity index (χ0n) is 60.6. The van der Waals surface area contributed by atoms with Gasteiger partial charge in [0.05, 0.1) is 16.5 Å². The lowest BCUT2D eigenvalue weighted by atomic mass is 9.30. The summed E-state index contributed by atoms with van der Waals surface area (Å²) in [6.07, 6.45) is 4.76. The van der Waals surface area contributed by atoms with Crippen LogP contribution in [0.4, 0.5) is 34.1 Å². The van der Waals surface area contributed by atoms with E-state index in [1.165, 1.54) is 135 Å². The van der Waals surface area contributed by atoms with Crippen LogP contribution in [-0.2, 0) is 21.7 Å². The number of nitrogens with zero attached hydrogens (tertiary/aromatic N) is 2. The maximum atomic E-state index is 8.35. The summed E-state index contributed by atoms with van der Waals surface area (Å²) in [6, 6.07) is 112. The number of para-hydroxylation sites is 2. The molecule has 23 rings (SSSR count). The Morgan fingerprint density at radius 1 is 0.349 bits per heavy atom. The summed E-state index contributed by atoms with van der Waals surface area (Å²) >= 11 is 0. The molecule has 4 nitrogen and oxygen atoms in total. The van der Waals surface area contributed by atoms with Crippen molar-refractivity contribution in [3.8, 4) is 78.6 Å². The normalized spacial score (nSPS) is 17.2. The highest BCUT2D eigenvalue weighted by Crippen LogP contribution is 2.70. The van der Waals surface area contributed by atoms with E-state index in [2.05, 4.69) is 343 Å². The second-order valence-corrected chi connectivity index (χ2v) is 33.4. The lowest BCUT2D eigenvalue weighted by molar-refractivity contribution is 0.264. The topological polar surface area (TPSA) is 24.9 Å². The van der Waals surface area contributed by atoms with Gasteiger partial charge in [0.15, 0.2) is 0 Å². The Morgan fingerprint density at radius 3 is 1.30 bits per heavy atom. The zero-order valence-corrected chi connectivity index (χ0v) is 60.6. The molecule has 2 atom stereocenters. The van der Waals surface area contributed by atoms with Crippen molar-refractivity contribution in [1.82, 2.24) is 0 Å². The first kappa shape index (κ1) is 60.8. The summed E-state index contributed by atoms with van der Waals surface area (Å²) in [5.74, 6) is 4.59. The molecule has 2 unspecified atom stereocenters. The van der Waals surface area contributed by atoms with Gasteiger partial charge in [-0.2, -0.15) is 0 Å². The molecule has 106 heavy (non-hydrogen) atoms. The van der Waals surface area contributed by atoms with E-state index in [1.807, 2.05) is 0 Å². The number of hydrogen-bond donors (Lipinski definition) is 0. The minimum absolute atomic E-state index is 0.254. The average molecular weight is 1360 g/mol. The fourth-order valence-corrected chi connectivity index (χ4v) is 22.0. The predicted molar refractivity (Wildman–Crippen MR) is 439 cm³/mol. The molecule has 2 spiro atoms. The van der Waals surface area contributed by atoms with E-state index >= 15 is 0 Å². The molecule has 4 heterocycles. The van der Waals surface area contributed by atoms with E-state index in [4.69, 9.17) is 9.47 Å². The van der Waals surface area contributed by atoms with Crippen LogP contribution in [-0.4, -0.2) is 13.4 Å². The molecular formula is C100H76B2N2O2. The lowest BCUT2D eigenvalue weighted by Gasteiger charge is -2.46. The minimum atomic E-state index is -0.660. The van der Waals surface area contributed by atoms with E-state index in [9.17, 15) is 0 Å². The van der Waals surface area contributed by atoms with Crippen LogP contribution >= 0.6 is 0 Å². The predicted octanol–water partition coefficient (Wildman–Crippen LogP) is 21.4. The van der Waals surface area contributed by atoms with Crippen molar-refractivity contribution in [1.29, 1.82) is 0 Å². The first-order valence-corrected chi connectivity index (χ1v) is 38.5. The Kier molecular flexibility index (Phi) is 12.4. The monoisotopic (exact) mass is 1360 g/mol. The van der Waals surface area contributed by atoms with Crippen LogP contribution in [0, 0.1) is 5.92 Å². The number of ether oxygens (including phenoxy) is 2. The van der Waals surface area contributed by atoms with Crippen LogP contribution in [0.2, 0.25) is 0 Å². The quantitative estimate of drug-likeness (QED) is 0.164. The summed E-state index contributed by atoms with van der Waals surface area (Å²) in [5, 5.41) is 0. The van der Waals surface area contributed by atoms with Gasteiger partial charge in [-0.15, -0.1) is 0 Å². The molecule has 9 aliphatic rings. The van der Waals surface area contributed by atoms with Gasteiger partial charge < -0.3 is 19.3 Å². The molecule has 504 valence electrons. The Morgan fingerprint density at radius 2 is 0.774 bits per heavy atom. The first-order chi connectivity index (χ1) is 51.9. The van der Waals surface area contributed by atoms with E-state index in [1.54, 1.807) is 0 Å². The number of fused-ring (bicyclic) bond motifs is 30. The molecule has 0 N–H and O–H groups in total. The summed E-state index contributed by atoms with van der Waals surface area (Å²) in [6.45, 7) is 13.7. The molecule has 1 saturated carbocycles. The van der Waals surface area contributed by atoms with Gasteiger partial charge >= 0.3 is 0 Å². The minimum Gasteiger partial charge on any atom is -0.458 e. The molecule has 4 aliphatic heterocycles. The zero-order chi connectivity index (χ0) is 70.4. The fraction of sp³-hybridized carbons (Fsp3) is 0.160. The largest absolute Gasteiger partial charge is 0.458 e. The molecule has 0 saturated heterocycles. The first-order valence-electron chi connectivity index (χ1n) is 38.5. The van der Waals surface area contributed by atoms with E-state index in [0.717, 1.165) is 92.2 Å². The molecule has 0 radical (unpaired) electrons. The van der Waals surface area contributed by atoms with Gasteiger partial charge in [0.25, 0.3) is 13.4 Å². The third kappa shape index (κ3) is 7.81. The van der Waals surface area contributed by atoms with Gasteiger partial charge in [-0.05, 0) is 200 Å². The smallest absolute Gasteiger partial charge is 0.256 e. The number of rotatable bonds is 4. The van der Waals surface area contributed by atoms with Crippen molar-refractivity contribution in [2.24, 2.45) is 5.92 Å². The Balaban J connectivity index is 0.876. The third-order valence-electron chi connectivity index (χ3n) is 26.3. The third-order valence-corrected chi connectivity index (χ3v) is 26.3. The molecule has 14 aromatic rings. The standard InChI is InChI=1S/C100H76B2N2O2/c1-97(2,3)61-53-86-92-88(55-61)105-95-80(51-49-72-70-39-20-26-47-78(70)99(90(72)95)74-43-22-16-35-66(74)67-36-17-23-44-75(67)99)101(92)82-57-83-85(58-84(82)103(86)63-33-14-9-15-34-63)104(94-64(59-29-10-7-11-30-59)41-28-42-65(94)60-31-12-8-13-32-60)87-54-62(98(4,5)6)56-89-93(87)102(83)81-52-50-73-71-40-21-27-48-79(71)100(91(73)96(81)106-89)76-45-24-18-37-68(76)69-38-19-25-46-77(69)100/h7-20,22-26,28-39,41-47,49-58,71,79H,21,27,40,48H2,1-6H3. The van der Waals surface area contributed by atoms with Crippen LogP contribution in [0.5, 0.6) is 23.0 Å². The van der Waals surface area contributed by atoms with Crippen LogP contribution in [0.3, 0.4) is 0 Å². The Hall–Kier alpha value is -11.6. The van der Waals surface area contributed by atoms with Crippen molar-refractivity contribution in [2.75, 3.05) is 9.80 Å². The second kappa shape index (κ2) is 21.5. The van der Waals surface area contributed by atoms with Crippen LogP contribution in [0.1, 0.15) is 129 Å². The second-order valence-electron chi connectivity index (χ2n) is 33.4. The summed E-state index contributed by atoms with van der Waals surface area (Å²) in [5.41, 5.74) is 38.1. The van der Waals surface area contributed by atoms with Gasteiger partial charge in [0.1, 0.15) is 23.0 Å². The van der Waals surface area contributed by atoms with E-state index in [-0.39, 0.29) is 24.3 Å². The van der Waals surface area contributed by atoms with Crippen molar-refractivity contribution in [2.45, 2.75) is 94.8 Å². The molecule has 14 aromatic carbocycles. The molecule has 0 aromatic heterocycles. The summed E-state index contributed by atoms with van der Waals surface area (Å²) < 4.78 is 16.5. The van der Waals surface area contributed by atoms with Gasteiger partial charge in [-0.1, -0.05) is 303 Å². The van der Waals surface area contributed by atoms with Gasteiger partial charge in [0.2, 0.25) is 0 Å². The SMILES string of the molecule is CC(C)(C)c1cc2c3c(c1)N(c1ccccc1)c1cc4c(cc1B3c1ccc3c(c1O2)C1(c2ccccc2-c2ccccc21)c1ccccc1-3)B1c2ccc3c(c2Oc2cc(C(C)(C)C)cc(c21)N4c1c(-c2ccccc2)cccc1-c1ccccc1)C1(c2ccccc2-c2ccccc21)C1CCCCC31. The molecule has 1 fully saturated rings. The van der Waals surface area contributed by atoms with Crippen molar-refractivity contribution < 1.29 is 9.47 Å². The van der Waals surface area contributed by atoms with Crippen molar-refractivity contribution in [3.05, 3.63) is 347 Å². The maximum absolute atomic E-state index is 8.35. The van der Waals surface area contributed by atoms with Gasteiger partial charge in [-0.3, -0.25) is 0 Å². The maximum Gasteiger partial charge on any atom is 0.256 e. The molecule has 0 amide bonds. The lowest BCUT2D eigenvalue weighted by Crippen LogP contribution is -2.64. The van der Waals surface area contributed by atoms with Crippen molar-refractivity contribution >= 4 is 80.3 Å². The molecule has 6 heteroatoms. The van der Waals surface area contributed by atoms with E-state index in [0.29, 0.717) is 11.8 Å². The molecule has 0 bridgehead atoms. The number of benzene rings is 14. The highest BCUT2D eigenvalue weighted by atomic mass is 16.5. The summed E-state index contributed by atoms with van der Waals surface area (Å²) in [4.78, 5) is 5.32. The Bertz CT molecular complexity index is 6010. The highest BCUT2D eigenvalue weighted by Gasteiger charge is 2.62. The van der Waals surface area contributed by atoms with Gasteiger partial charge in [-0.25, -0.2) is 0 Å². The fourth-order valence-electron chi connectivity index (χ4n) is 22.0. The van der Waals surface area contributed by atoms with Crippen LogP contribution in [0.15, 0.2) is 291 Å². The number of anilines is 6. The summed E-state index contributed by atoms with van der Waals surface area (Å²) in [7, 11) is 0. The number of hydrogen-bond acceptors (Lipinski definition) is 4. The molecule has 5 aliphatic carbocycles.